The van der Waals surface area contributed by atoms with Gasteiger partial charge in [-0.1, -0.05) is 18.2 Å². The van der Waals surface area contributed by atoms with E-state index in [9.17, 15) is 9.59 Å². The lowest BCUT2D eigenvalue weighted by molar-refractivity contribution is -0.128. The summed E-state index contributed by atoms with van der Waals surface area (Å²) in [4.78, 5) is 27.0. The second-order valence-corrected chi connectivity index (χ2v) is 7.54. The molecule has 1 amide bonds. The van der Waals surface area contributed by atoms with Crippen LogP contribution in [0.25, 0.3) is 0 Å². The number of amides is 1. The van der Waals surface area contributed by atoms with Crippen molar-refractivity contribution in [3.8, 4) is 0 Å². The van der Waals surface area contributed by atoms with Gasteiger partial charge in [0.15, 0.2) is 0 Å². The first kappa shape index (κ1) is 16.6. The van der Waals surface area contributed by atoms with Crippen molar-refractivity contribution in [3.05, 3.63) is 35.4 Å². The summed E-state index contributed by atoms with van der Waals surface area (Å²) in [6.45, 7) is 4.00. The Bertz CT molecular complexity index is 659. The summed E-state index contributed by atoms with van der Waals surface area (Å²) in [6, 6.07) is 7.67. The minimum atomic E-state index is -0.500. The van der Waals surface area contributed by atoms with Gasteiger partial charge >= 0.3 is 5.97 Å². The average Bonchev–Trinajstić information content (AvgIpc) is 3.24. The van der Waals surface area contributed by atoms with Crippen molar-refractivity contribution in [2.24, 2.45) is 5.92 Å². The molecular formula is C20H26N2O3. The summed E-state index contributed by atoms with van der Waals surface area (Å²) < 4.78 is 5.76. The highest BCUT2D eigenvalue weighted by atomic mass is 16.6. The van der Waals surface area contributed by atoms with Crippen LogP contribution >= 0.6 is 0 Å². The van der Waals surface area contributed by atoms with Crippen molar-refractivity contribution in [3.63, 3.8) is 0 Å². The van der Waals surface area contributed by atoms with Gasteiger partial charge in [0, 0.05) is 24.6 Å². The molecule has 5 nitrogen and oxygen atoms in total. The summed E-state index contributed by atoms with van der Waals surface area (Å²) in [7, 11) is 0. The maximum absolute atomic E-state index is 12.4. The largest absolute Gasteiger partial charge is 0.451 e. The molecule has 1 aliphatic carbocycles. The summed E-state index contributed by atoms with van der Waals surface area (Å²) in [5.74, 6) is -0.0218. The Morgan fingerprint density at radius 1 is 1.20 bits per heavy atom. The summed E-state index contributed by atoms with van der Waals surface area (Å²) in [5.41, 5.74) is 1.20. The number of hydrogen-bond donors (Lipinski definition) is 1. The van der Waals surface area contributed by atoms with Gasteiger partial charge in [0.25, 0.3) is 0 Å². The van der Waals surface area contributed by atoms with E-state index in [4.69, 9.17) is 4.74 Å². The van der Waals surface area contributed by atoms with Crippen molar-refractivity contribution < 1.29 is 14.3 Å². The Hall–Kier alpha value is -1.88. The predicted octanol–water partition coefficient (Wildman–Crippen LogP) is 2.45. The fourth-order valence-corrected chi connectivity index (χ4v) is 4.55. The first-order chi connectivity index (χ1) is 12.2. The third kappa shape index (κ3) is 3.17. The normalized spacial score (nSPS) is 28.8. The number of esters is 1. The zero-order chi connectivity index (χ0) is 17.3. The van der Waals surface area contributed by atoms with Crippen molar-refractivity contribution in [2.45, 2.75) is 44.1 Å². The van der Waals surface area contributed by atoms with E-state index in [0.717, 1.165) is 57.4 Å². The van der Waals surface area contributed by atoms with E-state index in [1.165, 1.54) is 12.8 Å². The lowest BCUT2D eigenvalue weighted by Gasteiger charge is -2.36. The maximum Gasteiger partial charge on any atom is 0.339 e. The Balaban J connectivity index is 1.31. The van der Waals surface area contributed by atoms with Gasteiger partial charge in [-0.2, -0.15) is 0 Å². The summed E-state index contributed by atoms with van der Waals surface area (Å²) >= 11 is 0. The van der Waals surface area contributed by atoms with E-state index >= 15 is 0 Å². The molecule has 4 rings (SSSR count). The third-order valence-corrected chi connectivity index (χ3v) is 6.02. The average molecular weight is 342 g/mol. The van der Waals surface area contributed by atoms with E-state index < -0.39 is 5.60 Å². The van der Waals surface area contributed by atoms with E-state index in [0.29, 0.717) is 5.56 Å². The number of rotatable bonds is 4. The van der Waals surface area contributed by atoms with Gasteiger partial charge < -0.3 is 15.0 Å². The second-order valence-electron chi connectivity index (χ2n) is 7.54. The van der Waals surface area contributed by atoms with Crippen LogP contribution in [0.1, 0.15) is 54.4 Å². The van der Waals surface area contributed by atoms with Crippen molar-refractivity contribution in [1.82, 2.24) is 10.2 Å². The van der Waals surface area contributed by atoms with Crippen LogP contribution in [0.15, 0.2) is 24.3 Å². The Labute approximate surface area is 148 Å². The number of nitrogens with zero attached hydrogens (tertiary/aromatic N) is 1. The van der Waals surface area contributed by atoms with E-state index in [1.807, 2.05) is 24.3 Å². The topological polar surface area (TPSA) is 58.6 Å². The molecule has 0 aromatic heterocycles. The van der Waals surface area contributed by atoms with E-state index in [2.05, 4.69) is 10.2 Å². The Morgan fingerprint density at radius 2 is 1.92 bits per heavy atom. The first-order valence-electron chi connectivity index (χ1n) is 9.51. The van der Waals surface area contributed by atoms with Crippen LogP contribution in [0.5, 0.6) is 0 Å². The van der Waals surface area contributed by atoms with Crippen LogP contribution in [0.3, 0.4) is 0 Å². The quantitative estimate of drug-likeness (QED) is 0.854. The minimum absolute atomic E-state index is 0.0377. The van der Waals surface area contributed by atoms with Crippen LogP contribution < -0.4 is 5.32 Å². The lowest BCUT2D eigenvalue weighted by Crippen LogP contribution is -2.40. The summed E-state index contributed by atoms with van der Waals surface area (Å²) in [5, 5.41) is 3.10. The van der Waals surface area contributed by atoms with Gasteiger partial charge in [-0.25, -0.2) is 4.79 Å². The van der Waals surface area contributed by atoms with Crippen LogP contribution in [0.2, 0.25) is 0 Å². The zero-order valence-corrected chi connectivity index (χ0v) is 14.6. The molecule has 5 heteroatoms. The monoisotopic (exact) mass is 342 g/mol. The minimum Gasteiger partial charge on any atom is -0.451 e. The van der Waals surface area contributed by atoms with Crippen LogP contribution in [-0.4, -0.2) is 43.0 Å². The number of fused-ring (bicyclic) bond motifs is 2. The highest BCUT2D eigenvalue weighted by molar-refractivity contribution is 5.94. The van der Waals surface area contributed by atoms with Crippen LogP contribution in [0, 0.1) is 5.92 Å². The zero-order valence-electron chi connectivity index (χ0n) is 14.6. The number of nitrogens with one attached hydrogen (secondary N) is 1. The third-order valence-electron chi connectivity index (χ3n) is 6.02. The SMILES string of the molecule is O=C1OC2(CCC(C(=O)NCCN3CCCC3)CC2)c2ccccc21. The molecule has 0 atom stereocenters. The number of likely N-dealkylation sites (tertiary alicyclic amines) is 1. The smallest absolute Gasteiger partial charge is 0.339 e. The number of ether oxygens (including phenoxy) is 1. The number of carbonyl (C=O) groups excluding carboxylic acids is 2. The molecule has 1 saturated heterocycles. The van der Waals surface area contributed by atoms with E-state index in [-0.39, 0.29) is 17.8 Å². The molecule has 3 aliphatic rings. The lowest BCUT2D eigenvalue weighted by atomic mass is 9.74. The summed E-state index contributed by atoms with van der Waals surface area (Å²) in [6.07, 6.45) is 5.58. The molecule has 1 N–H and O–H groups in total. The molecule has 1 aromatic rings. The molecule has 2 heterocycles. The second kappa shape index (κ2) is 6.79. The molecule has 1 spiro atoms. The number of carbonyl (C=O) groups is 2. The molecule has 0 unspecified atom stereocenters. The molecule has 1 aromatic carbocycles. The Kier molecular flexibility index (Phi) is 4.50. The molecule has 2 aliphatic heterocycles. The van der Waals surface area contributed by atoms with Crippen molar-refractivity contribution >= 4 is 11.9 Å². The van der Waals surface area contributed by atoms with Crippen LogP contribution in [-0.2, 0) is 15.1 Å². The molecular weight excluding hydrogens is 316 g/mol. The van der Waals surface area contributed by atoms with E-state index in [1.54, 1.807) is 0 Å². The molecule has 0 radical (unpaired) electrons. The molecule has 1 saturated carbocycles. The van der Waals surface area contributed by atoms with Gasteiger partial charge in [-0.05, 0) is 57.7 Å². The fourth-order valence-electron chi connectivity index (χ4n) is 4.55. The number of hydrogen-bond acceptors (Lipinski definition) is 4. The Morgan fingerprint density at radius 3 is 2.68 bits per heavy atom. The maximum atomic E-state index is 12.4. The van der Waals surface area contributed by atoms with Crippen molar-refractivity contribution in [1.29, 1.82) is 0 Å². The first-order valence-corrected chi connectivity index (χ1v) is 9.51. The molecule has 25 heavy (non-hydrogen) atoms. The molecule has 0 bridgehead atoms. The number of benzene rings is 1. The highest BCUT2D eigenvalue weighted by Crippen LogP contribution is 2.47. The van der Waals surface area contributed by atoms with Crippen LogP contribution in [0.4, 0.5) is 0 Å². The molecule has 134 valence electrons. The fraction of sp³-hybridized carbons (Fsp3) is 0.600. The van der Waals surface area contributed by atoms with Gasteiger partial charge in [-0.15, -0.1) is 0 Å². The predicted molar refractivity (Wildman–Crippen MR) is 94.2 cm³/mol. The van der Waals surface area contributed by atoms with Gasteiger partial charge in [0.05, 0.1) is 5.56 Å². The highest BCUT2D eigenvalue weighted by Gasteiger charge is 2.48. The van der Waals surface area contributed by atoms with Crippen molar-refractivity contribution in [2.75, 3.05) is 26.2 Å². The van der Waals surface area contributed by atoms with Gasteiger partial charge in [-0.3, -0.25) is 4.79 Å². The molecule has 2 fully saturated rings. The standard InChI is InChI=1S/C20H26N2O3/c23-18(21-11-14-22-12-3-4-13-22)15-7-9-20(10-8-15)17-6-2-1-5-16(17)19(24)25-20/h1-2,5-6,15H,3-4,7-14H2,(H,21,23). The van der Waals surface area contributed by atoms with Gasteiger partial charge in [0.2, 0.25) is 5.91 Å². The van der Waals surface area contributed by atoms with Gasteiger partial charge in [0.1, 0.15) is 5.60 Å².